The van der Waals surface area contributed by atoms with Gasteiger partial charge in [0.25, 0.3) is 0 Å². The van der Waals surface area contributed by atoms with Gasteiger partial charge in [-0.25, -0.2) is 4.98 Å². The van der Waals surface area contributed by atoms with Gasteiger partial charge >= 0.3 is 0 Å². The minimum Gasteiger partial charge on any atom is -0.329 e. The number of aromatic nitrogens is 3. The predicted octanol–water partition coefficient (Wildman–Crippen LogP) is 3.65. The third-order valence-corrected chi connectivity index (χ3v) is 3.72. The molecule has 0 fully saturated rings. The number of rotatable bonds is 3. The minimum absolute atomic E-state index is 0.738. The largest absolute Gasteiger partial charge is 0.329 e. The van der Waals surface area contributed by atoms with Gasteiger partial charge in [0.1, 0.15) is 0 Å². The number of benzene rings is 1. The summed E-state index contributed by atoms with van der Waals surface area (Å²) >= 11 is 5.37. The van der Waals surface area contributed by atoms with Gasteiger partial charge in [0.15, 0.2) is 10.4 Å². The van der Waals surface area contributed by atoms with E-state index in [1.54, 1.807) is 6.20 Å². The highest BCUT2D eigenvalue weighted by molar-refractivity contribution is 7.71. The molecule has 0 bridgehead atoms. The quantitative estimate of drug-likeness (QED) is 0.736. The lowest BCUT2D eigenvalue weighted by atomic mass is 10.1. The van der Waals surface area contributed by atoms with Crippen molar-refractivity contribution in [2.24, 2.45) is 0 Å². The molecule has 3 aromatic rings. The highest BCUT2D eigenvalue weighted by Gasteiger charge is 2.05. The Morgan fingerprint density at radius 3 is 2.89 bits per heavy atom. The topological polar surface area (TPSA) is 33.6 Å². The van der Waals surface area contributed by atoms with Crippen molar-refractivity contribution < 1.29 is 0 Å². The minimum atomic E-state index is 0.738. The van der Waals surface area contributed by atoms with Crippen LogP contribution in [0.25, 0.3) is 11.2 Å². The van der Waals surface area contributed by atoms with Crippen LogP contribution in [0.4, 0.5) is 0 Å². The fraction of sp³-hybridized carbons (Fsp3) is 0.200. The Balaban J connectivity index is 1.92. The maximum absolute atomic E-state index is 5.37. The van der Waals surface area contributed by atoms with E-state index in [9.17, 15) is 0 Å². The van der Waals surface area contributed by atoms with E-state index in [0.29, 0.717) is 0 Å². The molecule has 0 aliphatic heterocycles. The number of hydrogen-bond donors (Lipinski definition) is 1. The zero-order chi connectivity index (χ0) is 13.2. The number of fused-ring (bicyclic) bond motifs is 1. The van der Waals surface area contributed by atoms with E-state index in [4.69, 9.17) is 12.2 Å². The average Bonchev–Trinajstić information content (AvgIpc) is 2.74. The summed E-state index contributed by atoms with van der Waals surface area (Å²) in [4.78, 5) is 7.59. The van der Waals surface area contributed by atoms with E-state index < -0.39 is 0 Å². The molecule has 0 spiro atoms. The van der Waals surface area contributed by atoms with Crippen molar-refractivity contribution in [1.82, 2.24) is 14.5 Å². The molecule has 0 atom stereocenters. The Kier molecular flexibility index (Phi) is 3.17. The second-order valence-corrected chi connectivity index (χ2v) is 5.02. The molecule has 0 aliphatic rings. The Bertz CT molecular complexity index is 770. The van der Waals surface area contributed by atoms with E-state index in [1.807, 2.05) is 12.1 Å². The molecule has 0 amide bonds. The number of pyridine rings is 1. The zero-order valence-corrected chi connectivity index (χ0v) is 11.6. The SMILES string of the molecule is Cc1ccccc1CCn1c(=S)[nH]c2cccnc21. The van der Waals surface area contributed by atoms with Crippen molar-refractivity contribution in [2.45, 2.75) is 19.9 Å². The number of H-pyrrole nitrogens is 1. The summed E-state index contributed by atoms with van der Waals surface area (Å²) in [5, 5.41) is 0. The van der Waals surface area contributed by atoms with Gasteiger partial charge in [0, 0.05) is 12.7 Å². The first kappa shape index (κ1) is 12.1. The molecule has 0 aliphatic carbocycles. The fourth-order valence-corrected chi connectivity index (χ4v) is 2.61. The molecule has 2 heterocycles. The van der Waals surface area contributed by atoms with Gasteiger partial charge < -0.3 is 9.55 Å². The molecular weight excluding hydrogens is 254 g/mol. The molecule has 96 valence electrons. The highest BCUT2D eigenvalue weighted by Crippen LogP contribution is 2.13. The maximum Gasteiger partial charge on any atom is 0.179 e. The standard InChI is InChI=1S/C15H15N3S/c1-11-5-2-3-6-12(11)8-10-18-14-13(17-15(18)19)7-4-9-16-14/h2-7,9H,8,10H2,1H3,(H,17,19). The van der Waals surface area contributed by atoms with Crippen LogP contribution in [0.15, 0.2) is 42.6 Å². The van der Waals surface area contributed by atoms with Crippen molar-refractivity contribution in [3.8, 4) is 0 Å². The van der Waals surface area contributed by atoms with Gasteiger partial charge in [-0.1, -0.05) is 24.3 Å². The lowest BCUT2D eigenvalue weighted by Crippen LogP contribution is -2.03. The summed E-state index contributed by atoms with van der Waals surface area (Å²) < 4.78 is 2.80. The van der Waals surface area contributed by atoms with Crippen LogP contribution in [0.5, 0.6) is 0 Å². The summed E-state index contributed by atoms with van der Waals surface area (Å²) in [6.07, 6.45) is 2.76. The maximum atomic E-state index is 5.37. The molecule has 0 unspecified atom stereocenters. The average molecular weight is 269 g/mol. The van der Waals surface area contributed by atoms with Crippen molar-refractivity contribution in [1.29, 1.82) is 0 Å². The second kappa shape index (κ2) is 4.97. The molecular formula is C15H15N3S. The normalized spacial score (nSPS) is 11.0. The molecule has 1 N–H and O–H groups in total. The van der Waals surface area contributed by atoms with Crippen LogP contribution in [0.3, 0.4) is 0 Å². The summed E-state index contributed by atoms with van der Waals surface area (Å²) in [6.45, 7) is 2.99. The van der Waals surface area contributed by atoms with Gasteiger partial charge in [-0.3, -0.25) is 0 Å². The summed E-state index contributed by atoms with van der Waals surface area (Å²) in [5.41, 5.74) is 4.61. The fourth-order valence-electron chi connectivity index (χ4n) is 2.32. The number of imidazole rings is 1. The Hall–Kier alpha value is -1.94. The Morgan fingerprint density at radius 1 is 1.21 bits per heavy atom. The van der Waals surface area contributed by atoms with Crippen LogP contribution >= 0.6 is 12.2 Å². The van der Waals surface area contributed by atoms with E-state index >= 15 is 0 Å². The van der Waals surface area contributed by atoms with Crippen LogP contribution in [-0.2, 0) is 13.0 Å². The number of nitrogens with one attached hydrogen (secondary N) is 1. The molecule has 19 heavy (non-hydrogen) atoms. The van der Waals surface area contributed by atoms with Gasteiger partial charge in [0.2, 0.25) is 0 Å². The van der Waals surface area contributed by atoms with Crippen molar-refractivity contribution >= 4 is 23.4 Å². The first-order valence-corrected chi connectivity index (χ1v) is 6.74. The number of aromatic amines is 1. The first-order chi connectivity index (χ1) is 9.25. The highest BCUT2D eigenvalue weighted by atomic mass is 32.1. The van der Waals surface area contributed by atoms with Gasteiger partial charge in [-0.15, -0.1) is 0 Å². The molecule has 0 radical (unpaired) electrons. The molecule has 2 aromatic heterocycles. The van der Waals surface area contributed by atoms with E-state index in [-0.39, 0.29) is 0 Å². The van der Waals surface area contributed by atoms with Crippen molar-refractivity contribution in [2.75, 3.05) is 0 Å². The van der Waals surface area contributed by atoms with E-state index in [1.165, 1.54) is 11.1 Å². The van der Waals surface area contributed by atoms with Crippen LogP contribution in [0, 0.1) is 11.7 Å². The van der Waals surface area contributed by atoms with Gasteiger partial charge in [0.05, 0.1) is 5.52 Å². The number of hydrogen-bond acceptors (Lipinski definition) is 2. The summed E-state index contributed by atoms with van der Waals surface area (Å²) in [7, 11) is 0. The number of aryl methyl sites for hydroxylation is 3. The molecule has 0 saturated heterocycles. The van der Waals surface area contributed by atoms with Crippen molar-refractivity contribution in [3.05, 3.63) is 58.5 Å². The van der Waals surface area contributed by atoms with Crippen LogP contribution in [0.2, 0.25) is 0 Å². The lowest BCUT2D eigenvalue weighted by Gasteiger charge is -2.06. The van der Waals surface area contributed by atoms with Crippen molar-refractivity contribution in [3.63, 3.8) is 0 Å². The molecule has 3 nitrogen and oxygen atoms in total. The smallest absolute Gasteiger partial charge is 0.179 e. The lowest BCUT2D eigenvalue weighted by molar-refractivity contribution is 0.698. The molecule has 4 heteroatoms. The number of nitrogens with zero attached hydrogens (tertiary/aromatic N) is 2. The zero-order valence-electron chi connectivity index (χ0n) is 10.8. The van der Waals surface area contributed by atoms with Crippen LogP contribution in [0.1, 0.15) is 11.1 Å². The Labute approximate surface area is 116 Å². The second-order valence-electron chi connectivity index (χ2n) is 4.63. The molecule has 0 saturated carbocycles. The van der Waals surface area contributed by atoms with E-state index in [2.05, 4.69) is 45.7 Å². The van der Waals surface area contributed by atoms with Crippen LogP contribution in [-0.4, -0.2) is 14.5 Å². The summed E-state index contributed by atoms with van der Waals surface area (Å²) in [5.74, 6) is 0. The first-order valence-electron chi connectivity index (χ1n) is 6.34. The third-order valence-electron chi connectivity index (χ3n) is 3.40. The molecule has 1 aromatic carbocycles. The van der Waals surface area contributed by atoms with Crippen LogP contribution < -0.4 is 0 Å². The van der Waals surface area contributed by atoms with Gasteiger partial charge in [-0.05, 0) is 48.8 Å². The van der Waals surface area contributed by atoms with Gasteiger partial charge in [-0.2, -0.15) is 0 Å². The Morgan fingerprint density at radius 2 is 2.05 bits per heavy atom. The summed E-state index contributed by atoms with van der Waals surface area (Å²) in [6, 6.07) is 12.4. The predicted molar refractivity (Wildman–Crippen MR) is 79.8 cm³/mol. The monoisotopic (exact) mass is 269 g/mol. The molecule has 3 rings (SSSR count). The van der Waals surface area contributed by atoms with E-state index in [0.717, 1.165) is 28.9 Å². The third kappa shape index (κ3) is 2.31.